The van der Waals surface area contributed by atoms with Gasteiger partial charge in [-0.25, -0.2) is 13.6 Å². The smallest absolute Gasteiger partial charge is 0.325 e. The number of hydrogen-bond acceptors (Lipinski definition) is 2. The number of aromatic nitrogens is 2. The van der Waals surface area contributed by atoms with Crippen LogP contribution in [0.15, 0.2) is 41.2 Å². The Kier molecular flexibility index (Phi) is 3.96. The van der Waals surface area contributed by atoms with Crippen molar-refractivity contribution in [3.05, 3.63) is 58.5 Å². The summed E-state index contributed by atoms with van der Waals surface area (Å²) >= 11 is 0. The van der Waals surface area contributed by atoms with E-state index in [0.717, 1.165) is 6.07 Å². The molecule has 3 rings (SSSR count). The van der Waals surface area contributed by atoms with E-state index in [1.165, 1.54) is 46.5 Å². The number of amides is 1. The van der Waals surface area contributed by atoms with Gasteiger partial charge < -0.3 is 5.32 Å². The average Bonchev–Trinajstić information content (AvgIpc) is 2.78. The van der Waals surface area contributed by atoms with Crippen molar-refractivity contribution >= 4 is 35.9 Å². The Morgan fingerprint density at radius 3 is 2.50 bits per heavy atom. The third kappa shape index (κ3) is 2.71. The molecule has 0 aliphatic carbocycles. The number of fused-ring (bicyclic) bond motifs is 1. The fraction of sp³-hybridized carbons (Fsp3) is 0.125. The summed E-state index contributed by atoms with van der Waals surface area (Å²) in [6, 6.07) is 7.78. The zero-order valence-corrected chi connectivity index (χ0v) is 12.7. The zero-order chi connectivity index (χ0) is 17.4. The SMILES string of the molecule is [B]c1c(F)ccc2c1n(C)c(=O)n2CC(=O)Nc1ccc(F)cc1. The third-order valence-electron chi connectivity index (χ3n) is 3.72. The van der Waals surface area contributed by atoms with E-state index < -0.39 is 23.2 Å². The number of nitrogens with zero attached hydrogens (tertiary/aromatic N) is 2. The molecule has 1 heterocycles. The lowest BCUT2D eigenvalue weighted by Gasteiger charge is -2.06. The van der Waals surface area contributed by atoms with Crippen LogP contribution in [0.4, 0.5) is 14.5 Å². The third-order valence-corrected chi connectivity index (χ3v) is 3.72. The van der Waals surface area contributed by atoms with E-state index in [2.05, 4.69) is 5.32 Å². The van der Waals surface area contributed by atoms with Gasteiger partial charge in [0.1, 0.15) is 26.0 Å². The summed E-state index contributed by atoms with van der Waals surface area (Å²) in [5, 5.41) is 2.56. The van der Waals surface area contributed by atoms with Gasteiger partial charge in [-0.3, -0.25) is 13.9 Å². The number of halogens is 2. The van der Waals surface area contributed by atoms with Crippen molar-refractivity contribution in [2.75, 3.05) is 5.32 Å². The number of rotatable bonds is 3. The van der Waals surface area contributed by atoms with E-state index in [1.807, 2.05) is 0 Å². The summed E-state index contributed by atoms with van der Waals surface area (Å²) in [4.78, 5) is 24.4. The summed E-state index contributed by atoms with van der Waals surface area (Å²) < 4.78 is 28.9. The first-order chi connectivity index (χ1) is 11.4. The predicted octanol–water partition coefficient (Wildman–Crippen LogP) is 1.05. The van der Waals surface area contributed by atoms with Crippen molar-refractivity contribution in [3.63, 3.8) is 0 Å². The number of anilines is 1. The number of carbonyl (C=O) groups excluding carboxylic acids is 1. The van der Waals surface area contributed by atoms with E-state index in [0.29, 0.717) is 11.2 Å². The Morgan fingerprint density at radius 1 is 1.17 bits per heavy atom. The average molecular weight is 327 g/mol. The van der Waals surface area contributed by atoms with Crippen molar-refractivity contribution in [2.24, 2.45) is 7.05 Å². The van der Waals surface area contributed by atoms with Gasteiger partial charge in [-0.1, -0.05) is 0 Å². The molecule has 120 valence electrons. The molecule has 2 aromatic carbocycles. The molecule has 0 saturated heterocycles. The van der Waals surface area contributed by atoms with Crippen LogP contribution in [0.25, 0.3) is 11.0 Å². The van der Waals surface area contributed by atoms with E-state index in [9.17, 15) is 18.4 Å². The molecular formula is C16H12BF2N3O2. The molecule has 0 bridgehead atoms. The second-order valence-corrected chi connectivity index (χ2v) is 5.31. The standard InChI is InChI=1S/C16H12BF2N3O2/c1-21-15-12(7-6-11(19)14(15)17)22(16(21)24)8-13(23)20-10-4-2-9(18)3-5-10/h2-7H,8H2,1H3,(H,20,23). The summed E-state index contributed by atoms with van der Waals surface area (Å²) in [6.07, 6.45) is 0. The van der Waals surface area contributed by atoms with Crippen LogP contribution < -0.4 is 16.5 Å². The first-order valence-electron chi connectivity index (χ1n) is 7.07. The van der Waals surface area contributed by atoms with E-state index in [-0.39, 0.29) is 17.5 Å². The molecule has 0 aliphatic heterocycles. The molecule has 0 unspecified atom stereocenters. The molecule has 2 radical (unpaired) electrons. The van der Waals surface area contributed by atoms with Gasteiger partial charge in [0.15, 0.2) is 0 Å². The summed E-state index contributed by atoms with van der Waals surface area (Å²) in [5.41, 5.74) is 0.354. The summed E-state index contributed by atoms with van der Waals surface area (Å²) in [5.74, 6) is -1.53. The van der Waals surface area contributed by atoms with Crippen LogP contribution in [0, 0.1) is 11.6 Å². The quantitative estimate of drug-likeness (QED) is 0.731. The van der Waals surface area contributed by atoms with Gasteiger partial charge in [-0.2, -0.15) is 0 Å². The summed E-state index contributed by atoms with van der Waals surface area (Å²) in [6.45, 7) is -0.279. The van der Waals surface area contributed by atoms with Crippen molar-refractivity contribution < 1.29 is 13.6 Å². The first-order valence-corrected chi connectivity index (χ1v) is 7.07. The number of aryl methyl sites for hydroxylation is 1. The van der Waals surface area contributed by atoms with E-state index in [1.54, 1.807) is 0 Å². The van der Waals surface area contributed by atoms with Crippen LogP contribution in [0.1, 0.15) is 0 Å². The second kappa shape index (κ2) is 5.95. The van der Waals surface area contributed by atoms with Crippen molar-refractivity contribution in [1.82, 2.24) is 9.13 Å². The van der Waals surface area contributed by atoms with Crippen LogP contribution in [-0.4, -0.2) is 22.9 Å². The maximum absolute atomic E-state index is 13.6. The van der Waals surface area contributed by atoms with E-state index >= 15 is 0 Å². The number of benzene rings is 2. The second-order valence-electron chi connectivity index (χ2n) is 5.31. The molecule has 0 aliphatic rings. The van der Waals surface area contributed by atoms with Gasteiger partial charge >= 0.3 is 5.69 Å². The highest BCUT2D eigenvalue weighted by Crippen LogP contribution is 2.12. The molecular weight excluding hydrogens is 315 g/mol. The van der Waals surface area contributed by atoms with Crippen LogP contribution in [0.2, 0.25) is 0 Å². The molecule has 5 nitrogen and oxygen atoms in total. The normalized spacial score (nSPS) is 11.0. The summed E-state index contributed by atoms with van der Waals surface area (Å²) in [7, 11) is 7.14. The fourth-order valence-electron chi connectivity index (χ4n) is 2.55. The van der Waals surface area contributed by atoms with Crippen molar-refractivity contribution in [2.45, 2.75) is 6.54 Å². The number of imidazole rings is 1. The zero-order valence-electron chi connectivity index (χ0n) is 12.7. The molecule has 1 amide bonds. The minimum Gasteiger partial charge on any atom is -0.325 e. The predicted molar refractivity (Wildman–Crippen MR) is 87.6 cm³/mol. The van der Waals surface area contributed by atoms with Crippen molar-refractivity contribution in [1.29, 1.82) is 0 Å². The molecule has 0 fully saturated rings. The first kappa shape index (κ1) is 16.0. The highest BCUT2D eigenvalue weighted by Gasteiger charge is 2.16. The van der Waals surface area contributed by atoms with Crippen LogP contribution in [-0.2, 0) is 18.4 Å². The molecule has 0 spiro atoms. The number of hydrogen-bond donors (Lipinski definition) is 1. The Bertz CT molecular complexity index is 993. The Hall–Kier alpha value is -2.90. The van der Waals surface area contributed by atoms with Gasteiger partial charge in [-0.05, 0) is 41.9 Å². The van der Waals surface area contributed by atoms with Gasteiger partial charge in [0, 0.05) is 12.7 Å². The molecule has 8 heteroatoms. The van der Waals surface area contributed by atoms with Gasteiger partial charge in [0.05, 0.1) is 11.0 Å². The van der Waals surface area contributed by atoms with Crippen LogP contribution in [0.5, 0.6) is 0 Å². The lowest BCUT2D eigenvalue weighted by atomic mass is 9.94. The Labute approximate surface area is 136 Å². The van der Waals surface area contributed by atoms with Gasteiger partial charge in [-0.15, -0.1) is 0 Å². The highest BCUT2D eigenvalue weighted by atomic mass is 19.1. The maximum atomic E-state index is 13.6. The highest BCUT2D eigenvalue weighted by molar-refractivity contribution is 6.38. The Balaban J connectivity index is 1.94. The molecule has 24 heavy (non-hydrogen) atoms. The lowest BCUT2D eigenvalue weighted by molar-refractivity contribution is -0.116. The Morgan fingerprint density at radius 2 is 1.83 bits per heavy atom. The minimum atomic E-state index is -0.633. The minimum absolute atomic E-state index is 0.148. The van der Waals surface area contributed by atoms with Crippen LogP contribution >= 0.6 is 0 Å². The maximum Gasteiger partial charge on any atom is 0.329 e. The topological polar surface area (TPSA) is 56.0 Å². The molecule has 0 saturated carbocycles. The van der Waals surface area contributed by atoms with Crippen LogP contribution in [0.3, 0.4) is 0 Å². The van der Waals surface area contributed by atoms with Gasteiger partial charge in [0.2, 0.25) is 5.91 Å². The van der Waals surface area contributed by atoms with E-state index in [4.69, 9.17) is 7.85 Å². The molecule has 1 N–H and O–H groups in total. The number of carbonyl (C=O) groups is 1. The monoisotopic (exact) mass is 327 g/mol. The fourth-order valence-corrected chi connectivity index (χ4v) is 2.55. The van der Waals surface area contributed by atoms with Gasteiger partial charge in [0.25, 0.3) is 0 Å². The molecule has 3 aromatic rings. The largest absolute Gasteiger partial charge is 0.329 e. The number of nitrogens with one attached hydrogen (secondary N) is 1. The molecule has 1 aromatic heterocycles. The van der Waals surface area contributed by atoms with Crippen molar-refractivity contribution in [3.8, 4) is 0 Å². The lowest BCUT2D eigenvalue weighted by Crippen LogP contribution is -2.28. The molecule has 0 atom stereocenters.